The van der Waals surface area contributed by atoms with Gasteiger partial charge in [0, 0.05) is 17.1 Å². The van der Waals surface area contributed by atoms with Crippen molar-refractivity contribution in [3.05, 3.63) is 29.3 Å². The summed E-state index contributed by atoms with van der Waals surface area (Å²) >= 11 is 6.15. The van der Waals surface area contributed by atoms with Gasteiger partial charge in [-0.1, -0.05) is 17.7 Å². The molecule has 1 atom stereocenters. The zero-order valence-corrected chi connectivity index (χ0v) is 13.7. The Bertz CT molecular complexity index is 611. The third kappa shape index (κ3) is 2.12. The Morgan fingerprint density at radius 3 is 2.57 bits per heavy atom. The monoisotopic (exact) mass is 307 g/mol. The fraction of sp³-hybridized carbons (Fsp3) is 0.562. The number of ether oxygens (including phenoxy) is 1. The summed E-state index contributed by atoms with van der Waals surface area (Å²) in [4.78, 5) is 6.62. The van der Waals surface area contributed by atoms with E-state index in [1.54, 1.807) is 0 Å². The fourth-order valence-corrected chi connectivity index (χ4v) is 4.09. The molecule has 0 saturated carbocycles. The van der Waals surface area contributed by atoms with Crippen LogP contribution in [0.5, 0.6) is 0 Å². The molecule has 1 fully saturated rings. The van der Waals surface area contributed by atoms with Crippen LogP contribution in [0.15, 0.2) is 29.3 Å². The lowest BCUT2D eigenvalue weighted by Gasteiger charge is -2.44. The first-order chi connectivity index (χ1) is 9.67. The molecule has 0 aromatic heterocycles. The van der Waals surface area contributed by atoms with E-state index in [-0.39, 0.29) is 16.7 Å². The van der Waals surface area contributed by atoms with Gasteiger partial charge in [-0.2, -0.15) is 0 Å². The summed E-state index contributed by atoms with van der Waals surface area (Å²) in [6, 6.07) is 7.74. The van der Waals surface area contributed by atoms with E-state index in [9.17, 15) is 0 Å². The highest BCUT2D eigenvalue weighted by Crippen LogP contribution is 2.51. The number of aliphatic imine (C=N–C) groups is 1. The topological polar surface area (TPSA) is 50.8 Å². The summed E-state index contributed by atoms with van der Waals surface area (Å²) in [6.07, 6.45) is 0.865. The van der Waals surface area contributed by atoms with Gasteiger partial charge in [-0.25, -0.2) is 0 Å². The standard InChI is InChI=1S/C16H22ClN3O/c1-14(2)9-16(15(3,4)21-14)10-19-13(18)20(16)12-7-5-6-11(17)8-12/h5-8H,9-10H2,1-4H3,(H2,18,19). The van der Waals surface area contributed by atoms with Crippen molar-refractivity contribution in [1.29, 1.82) is 0 Å². The average Bonchev–Trinajstić information content (AvgIpc) is 2.74. The Morgan fingerprint density at radius 1 is 1.29 bits per heavy atom. The largest absolute Gasteiger partial charge is 0.369 e. The van der Waals surface area contributed by atoms with E-state index in [1.165, 1.54) is 0 Å². The average molecular weight is 308 g/mol. The predicted octanol–water partition coefficient (Wildman–Crippen LogP) is 3.19. The Labute approximate surface area is 130 Å². The molecule has 2 N–H and O–H groups in total. The second-order valence-electron chi connectivity index (χ2n) is 7.07. The molecule has 0 aliphatic carbocycles. The molecule has 1 aromatic carbocycles. The van der Waals surface area contributed by atoms with Crippen LogP contribution in [0.3, 0.4) is 0 Å². The molecule has 3 rings (SSSR count). The van der Waals surface area contributed by atoms with Crippen molar-refractivity contribution in [2.75, 3.05) is 11.4 Å². The van der Waals surface area contributed by atoms with Gasteiger partial charge < -0.3 is 15.4 Å². The van der Waals surface area contributed by atoms with Crippen LogP contribution >= 0.6 is 11.6 Å². The normalized spacial score (nSPS) is 30.0. The van der Waals surface area contributed by atoms with Crippen LogP contribution in [0.1, 0.15) is 34.1 Å². The molecule has 114 valence electrons. The molecule has 2 aliphatic heterocycles. The molecular weight excluding hydrogens is 286 g/mol. The van der Waals surface area contributed by atoms with E-state index in [0.717, 1.165) is 12.1 Å². The van der Waals surface area contributed by atoms with E-state index in [4.69, 9.17) is 22.1 Å². The Hall–Kier alpha value is -1.26. The van der Waals surface area contributed by atoms with Gasteiger partial charge in [0.25, 0.3) is 0 Å². The van der Waals surface area contributed by atoms with Crippen LogP contribution in [0.25, 0.3) is 0 Å². The molecule has 1 aromatic rings. The molecule has 1 spiro atoms. The summed E-state index contributed by atoms with van der Waals surface area (Å²) in [5.74, 6) is 0.534. The third-order valence-corrected chi connectivity index (χ3v) is 4.83. The molecular formula is C16H22ClN3O. The number of nitrogens with zero attached hydrogens (tertiary/aromatic N) is 2. The Morgan fingerprint density at radius 2 is 2.00 bits per heavy atom. The van der Waals surface area contributed by atoms with Crippen molar-refractivity contribution >= 4 is 23.2 Å². The van der Waals surface area contributed by atoms with Gasteiger partial charge >= 0.3 is 0 Å². The van der Waals surface area contributed by atoms with Crippen molar-refractivity contribution in [2.45, 2.75) is 50.9 Å². The molecule has 1 unspecified atom stereocenters. The van der Waals surface area contributed by atoms with E-state index in [0.29, 0.717) is 17.5 Å². The molecule has 1 saturated heterocycles. The highest BCUT2D eigenvalue weighted by atomic mass is 35.5. The third-order valence-electron chi connectivity index (χ3n) is 4.60. The Balaban J connectivity index is 2.11. The smallest absolute Gasteiger partial charge is 0.196 e. The molecule has 4 nitrogen and oxygen atoms in total. The maximum atomic E-state index is 6.30. The van der Waals surface area contributed by atoms with Crippen molar-refractivity contribution in [3.8, 4) is 0 Å². The first-order valence-corrected chi connectivity index (χ1v) is 7.61. The van der Waals surface area contributed by atoms with Gasteiger partial charge in [-0.05, 0) is 45.9 Å². The van der Waals surface area contributed by atoms with Gasteiger partial charge in [0.2, 0.25) is 0 Å². The predicted molar refractivity (Wildman–Crippen MR) is 87.0 cm³/mol. The van der Waals surface area contributed by atoms with Gasteiger partial charge in [-0.3, -0.25) is 4.99 Å². The van der Waals surface area contributed by atoms with Crippen LogP contribution < -0.4 is 10.6 Å². The molecule has 21 heavy (non-hydrogen) atoms. The Kier molecular flexibility index (Phi) is 3.05. The van der Waals surface area contributed by atoms with Crippen molar-refractivity contribution in [1.82, 2.24) is 0 Å². The molecule has 0 radical (unpaired) electrons. The van der Waals surface area contributed by atoms with Crippen LogP contribution in [0.4, 0.5) is 5.69 Å². The number of hydrogen-bond donors (Lipinski definition) is 1. The second kappa shape index (κ2) is 4.37. The van der Waals surface area contributed by atoms with Crippen LogP contribution in [-0.2, 0) is 4.74 Å². The van der Waals surface area contributed by atoms with E-state index >= 15 is 0 Å². The zero-order valence-electron chi connectivity index (χ0n) is 13.0. The van der Waals surface area contributed by atoms with Gasteiger partial charge in [-0.15, -0.1) is 0 Å². The quantitative estimate of drug-likeness (QED) is 0.867. The first kappa shape index (κ1) is 14.7. The van der Waals surface area contributed by atoms with Crippen LogP contribution in [0, 0.1) is 0 Å². The maximum Gasteiger partial charge on any atom is 0.196 e. The maximum absolute atomic E-state index is 6.30. The highest BCUT2D eigenvalue weighted by molar-refractivity contribution is 6.31. The molecule has 2 aliphatic rings. The summed E-state index contributed by atoms with van der Waals surface area (Å²) in [7, 11) is 0. The second-order valence-corrected chi connectivity index (χ2v) is 7.51. The highest BCUT2D eigenvalue weighted by Gasteiger charge is 2.62. The van der Waals surface area contributed by atoms with E-state index < -0.39 is 0 Å². The number of rotatable bonds is 1. The summed E-state index contributed by atoms with van der Waals surface area (Å²) in [5, 5.41) is 0.693. The van der Waals surface area contributed by atoms with Gasteiger partial charge in [0.1, 0.15) is 0 Å². The summed E-state index contributed by atoms with van der Waals surface area (Å²) in [6.45, 7) is 9.12. The lowest BCUT2D eigenvalue weighted by molar-refractivity contribution is -0.0764. The fourth-order valence-electron chi connectivity index (χ4n) is 3.90. The lowest BCUT2D eigenvalue weighted by Crippen LogP contribution is -2.61. The van der Waals surface area contributed by atoms with Crippen molar-refractivity contribution in [3.63, 3.8) is 0 Å². The van der Waals surface area contributed by atoms with Gasteiger partial charge in [0.15, 0.2) is 5.96 Å². The van der Waals surface area contributed by atoms with E-state index in [2.05, 4.69) is 37.6 Å². The van der Waals surface area contributed by atoms with Crippen LogP contribution in [0.2, 0.25) is 5.02 Å². The van der Waals surface area contributed by atoms with E-state index in [1.807, 2.05) is 24.3 Å². The van der Waals surface area contributed by atoms with Crippen molar-refractivity contribution in [2.24, 2.45) is 10.7 Å². The molecule has 5 heteroatoms. The molecule has 0 amide bonds. The number of benzene rings is 1. The van der Waals surface area contributed by atoms with Crippen LogP contribution in [-0.4, -0.2) is 29.2 Å². The minimum absolute atomic E-state index is 0.208. The number of halogens is 1. The summed E-state index contributed by atoms with van der Waals surface area (Å²) < 4.78 is 6.30. The lowest BCUT2D eigenvalue weighted by atomic mass is 9.78. The minimum atomic E-state index is -0.358. The SMILES string of the molecule is CC1(C)CC2(CN=C(N)N2c2cccc(Cl)c2)C(C)(C)O1. The van der Waals surface area contributed by atoms with Gasteiger partial charge in [0.05, 0.1) is 23.3 Å². The summed E-state index contributed by atoms with van der Waals surface area (Å²) in [5.41, 5.74) is 6.33. The minimum Gasteiger partial charge on any atom is -0.369 e. The number of anilines is 1. The number of nitrogens with two attached hydrogens (primary N) is 1. The molecule has 0 bridgehead atoms. The number of hydrogen-bond acceptors (Lipinski definition) is 4. The molecule has 2 heterocycles. The van der Waals surface area contributed by atoms with Crippen molar-refractivity contribution < 1.29 is 4.74 Å². The first-order valence-electron chi connectivity index (χ1n) is 7.23. The zero-order chi connectivity index (χ0) is 15.5. The number of guanidine groups is 1.